The zero-order valence-corrected chi connectivity index (χ0v) is 16.8. The Morgan fingerprint density at radius 1 is 1.25 bits per heavy atom. The number of hydrogen-bond acceptors (Lipinski definition) is 7. The number of amides is 2. The highest BCUT2D eigenvalue weighted by molar-refractivity contribution is 7.99. The number of nitrogens with one attached hydrogen (secondary N) is 1. The van der Waals surface area contributed by atoms with Gasteiger partial charge in [-0.15, -0.1) is 5.10 Å². The van der Waals surface area contributed by atoms with Crippen LogP contribution < -0.4 is 5.32 Å². The zero-order valence-electron chi connectivity index (χ0n) is 16.0. The molecule has 0 radical (unpaired) electrons. The molecule has 0 saturated carbocycles. The Morgan fingerprint density at radius 3 is 2.64 bits per heavy atom. The molecule has 1 aliphatic heterocycles. The normalized spacial score (nSPS) is 14.7. The molecule has 1 N–H and O–H groups in total. The van der Waals surface area contributed by atoms with E-state index in [9.17, 15) is 9.59 Å². The van der Waals surface area contributed by atoms with Crippen LogP contribution in [0.1, 0.15) is 25.3 Å². The van der Waals surface area contributed by atoms with Crippen LogP contribution in [-0.4, -0.2) is 68.6 Å². The molecule has 0 atom stereocenters. The van der Waals surface area contributed by atoms with Crippen molar-refractivity contribution in [3.8, 4) is 5.69 Å². The predicted octanol–water partition coefficient (Wildman–Crippen LogP) is 1.80. The lowest BCUT2D eigenvalue weighted by Crippen LogP contribution is -2.47. The molecule has 150 valence electrons. The number of rotatable bonds is 6. The van der Waals surface area contributed by atoms with Crippen molar-refractivity contribution in [3.05, 3.63) is 29.8 Å². The number of aromatic nitrogens is 4. The first-order chi connectivity index (χ1) is 13.6. The molecule has 10 heteroatoms. The number of piperidine rings is 1. The molecule has 1 fully saturated rings. The fourth-order valence-corrected chi connectivity index (χ4v) is 3.64. The van der Waals surface area contributed by atoms with Crippen LogP contribution in [0.2, 0.25) is 0 Å². The van der Waals surface area contributed by atoms with Crippen LogP contribution >= 0.6 is 11.8 Å². The average molecular weight is 404 g/mol. The molecule has 3 rings (SSSR count). The molecule has 0 unspecified atom stereocenters. The number of carbonyl (C=O) groups is 2. The molecule has 0 bridgehead atoms. The standard InChI is InChI=1S/C18H24N6O3S/c1-3-27-18(26)23-10-8-14(9-11-23)19-16(25)12-28-17-20-21-22-24(17)15-6-4-13(2)5-7-15/h4-7,14H,3,8-12H2,1-2H3,(H,19,25). The Bertz CT molecular complexity index is 802. The third-order valence-corrected chi connectivity index (χ3v) is 5.36. The van der Waals surface area contributed by atoms with Crippen molar-refractivity contribution in [2.75, 3.05) is 25.4 Å². The van der Waals surface area contributed by atoms with E-state index in [-0.39, 0.29) is 23.8 Å². The van der Waals surface area contributed by atoms with Gasteiger partial charge in [-0.25, -0.2) is 4.79 Å². The molecular formula is C18H24N6O3S. The minimum atomic E-state index is -0.286. The van der Waals surface area contributed by atoms with Gasteiger partial charge in [0.2, 0.25) is 11.1 Å². The monoisotopic (exact) mass is 404 g/mol. The largest absolute Gasteiger partial charge is 0.450 e. The summed E-state index contributed by atoms with van der Waals surface area (Å²) in [5.74, 6) is 0.155. The van der Waals surface area contributed by atoms with E-state index in [2.05, 4.69) is 20.8 Å². The van der Waals surface area contributed by atoms with Crippen LogP contribution in [0.5, 0.6) is 0 Å². The summed E-state index contributed by atoms with van der Waals surface area (Å²) >= 11 is 1.29. The summed E-state index contributed by atoms with van der Waals surface area (Å²) in [6, 6.07) is 7.91. The second kappa shape index (κ2) is 9.54. The van der Waals surface area contributed by atoms with Crippen LogP contribution in [0.15, 0.2) is 29.4 Å². The first-order valence-electron chi connectivity index (χ1n) is 9.26. The Kier molecular flexibility index (Phi) is 6.85. The Labute approximate surface area is 167 Å². The Morgan fingerprint density at radius 2 is 1.96 bits per heavy atom. The van der Waals surface area contributed by atoms with Gasteiger partial charge < -0.3 is 15.0 Å². The van der Waals surface area contributed by atoms with Gasteiger partial charge in [0.25, 0.3) is 0 Å². The van der Waals surface area contributed by atoms with Crippen molar-refractivity contribution >= 4 is 23.8 Å². The maximum atomic E-state index is 12.3. The molecular weight excluding hydrogens is 380 g/mol. The molecule has 1 aromatic heterocycles. The van der Waals surface area contributed by atoms with Gasteiger partial charge >= 0.3 is 6.09 Å². The first kappa shape index (κ1) is 20.1. The predicted molar refractivity (Wildman–Crippen MR) is 104 cm³/mol. The number of nitrogens with zero attached hydrogens (tertiary/aromatic N) is 5. The number of ether oxygens (including phenoxy) is 1. The molecule has 1 saturated heterocycles. The lowest BCUT2D eigenvalue weighted by atomic mass is 10.1. The number of hydrogen-bond donors (Lipinski definition) is 1. The van der Waals surface area contributed by atoms with E-state index in [1.165, 1.54) is 11.8 Å². The Balaban J connectivity index is 1.46. The van der Waals surface area contributed by atoms with Gasteiger partial charge in [-0.1, -0.05) is 29.5 Å². The summed E-state index contributed by atoms with van der Waals surface area (Å²) in [4.78, 5) is 25.7. The first-order valence-corrected chi connectivity index (χ1v) is 10.2. The van der Waals surface area contributed by atoms with Crippen LogP contribution in [0.3, 0.4) is 0 Å². The van der Waals surface area contributed by atoms with E-state index in [1.807, 2.05) is 31.2 Å². The Hall–Kier alpha value is -2.62. The molecule has 2 heterocycles. The summed E-state index contributed by atoms with van der Waals surface area (Å²) in [6.07, 6.45) is 1.15. The summed E-state index contributed by atoms with van der Waals surface area (Å²) in [6.45, 7) is 5.35. The molecule has 0 spiro atoms. The van der Waals surface area contributed by atoms with Crippen molar-refractivity contribution in [3.63, 3.8) is 0 Å². The van der Waals surface area contributed by atoms with Crippen LogP contribution in [0.25, 0.3) is 5.69 Å². The topological polar surface area (TPSA) is 102 Å². The fraction of sp³-hybridized carbons (Fsp3) is 0.500. The maximum Gasteiger partial charge on any atom is 0.409 e. The van der Waals surface area contributed by atoms with Gasteiger partial charge in [0.05, 0.1) is 18.0 Å². The number of aryl methyl sites for hydroxylation is 1. The summed E-state index contributed by atoms with van der Waals surface area (Å²) in [5.41, 5.74) is 2.00. The highest BCUT2D eigenvalue weighted by Crippen LogP contribution is 2.19. The van der Waals surface area contributed by atoms with Gasteiger partial charge in [-0.2, -0.15) is 4.68 Å². The van der Waals surface area contributed by atoms with Crippen molar-refractivity contribution < 1.29 is 14.3 Å². The summed E-state index contributed by atoms with van der Waals surface area (Å²) < 4.78 is 6.63. The molecule has 28 heavy (non-hydrogen) atoms. The van der Waals surface area contributed by atoms with Gasteiger partial charge in [0.15, 0.2) is 0 Å². The van der Waals surface area contributed by atoms with E-state index in [0.717, 1.165) is 24.1 Å². The quantitative estimate of drug-likeness (QED) is 0.733. The lowest BCUT2D eigenvalue weighted by molar-refractivity contribution is -0.119. The molecule has 1 aliphatic rings. The second-order valence-corrected chi connectivity index (χ2v) is 7.47. The van der Waals surface area contributed by atoms with Crippen molar-refractivity contribution in [1.82, 2.24) is 30.4 Å². The van der Waals surface area contributed by atoms with Crippen molar-refractivity contribution in [2.24, 2.45) is 0 Å². The van der Waals surface area contributed by atoms with E-state index in [4.69, 9.17) is 4.74 Å². The van der Waals surface area contributed by atoms with Crippen LogP contribution in [0, 0.1) is 6.92 Å². The number of tetrazole rings is 1. The summed E-state index contributed by atoms with van der Waals surface area (Å²) in [5, 5.41) is 15.3. The fourth-order valence-electron chi connectivity index (χ4n) is 2.94. The van der Waals surface area contributed by atoms with Crippen LogP contribution in [0.4, 0.5) is 4.79 Å². The number of carbonyl (C=O) groups excluding carboxylic acids is 2. The minimum Gasteiger partial charge on any atom is -0.450 e. The van der Waals surface area contributed by atoms with Crippen molar-refractivity contribution in [1.29, 1.82) is 0 Å². The molecule has 2 amide bonds. The lowest BCUT2D eigenvalue weighted by Gasteiger charge is -2.31. The van der Waals surface area contributed by atoms with E-state index >= 15 is 0 Å². The highest BCUT2D eigenvalue weighted by Gasteiger charge is 2.24. The van der Waals surface area contributed by atoms with Crippen LogP contribution in [-0.2, 0) is 9.53 Å². The maximum absolute atomic E-state index is 12.3. The average Bonchev–Trinajstić information content (AvgIpc) is 3.16. The van der Waals surface area contributed by atoms with Gasteiger partial charge in [0, 0.05) is 19.1 Å². The molecule has 9 nitrogen and oxygen atoms in total. The van der Waals surface area contributed by atoms with Gasteiger partial charge in [-0.3, -0.25) is 4.79 Å². The van der Waals surface area contributed by atoms with E-state index in [0.29, 0.717) is 24.9 Å². The number of benzene rings is 1. The third kappa shape index (κ3) is 5.22. The van der Waals surface area contributed by atoms with Crippen molar-refractivity contribution in [2.45, 2.75) is 37.9 Å². The molecule has 0 aliphatic carbocycles. The second-order valence-electron chi connectivity index (χ2n) is 6.53. The van der Waals surface area contributed by atoms with E-state index in [1.54, 1.807) is 16.5 Å². The minimum absolute atomic E-state index is 0.0619. The van der Waals surface area contributed by atoms with Gasteiger partial charge in [-0.05, 0) is 49.2 Å². The van der Waals surface area contributed by atoms with Gasteiger partial charge in [0.1, 0.15) is 0 Å². The zero-order chi connectivity index (χ0) is 19.9. The van der Waals surface area contributed by atoms with E-state index < -0.39 is 0 Å². The molecule has 1 aromatic carbocycles. The summed E-state index contributed by atoms with van der Waals surface area (Å²) in [7, 11) is 0. The smallest absolute Gasteiger partial charge is 0.409 e. The third-order valence-electron chi connectivity index (χ3n) is 4.44. The highest BCUT2D eigenvalue weighted by atomic mass is 32.2. The SMILES string of the molecule is CCOC(=O)N1CCC(NC(=O)CSc2nnnn2-c2ccc(C)cc2)CC1. The number of likely N-dealkylation sites (tertiary alicyclic amines) is 1. The number of thioether (sulfide) groups is 1. The molecule has 2 aromatic rings.